The average molecular weight is 556 g/mol. The Morgan fingerprint density at radius 2 is 1.71 bits per heavy atom. The molecule has 0 saturated heterocycles. The smallest absolute Gasteiger partial charge is 0.299 e. The summed E-state index contributed by atoms with van der Waals surface area (Å²) in [6.45, 7) is 0.248. The second-order valence-corrected chi connectivity index (χ2v) is 9.17. The summed E-state index contributed by atoms with van der Waals surface area (Å²) in [6.07, 6.45) is 2.52. The zero-order valence-corrected chi connectivity index (χ0v) is 22.8. The van der Waals surface area contributed by atoms with Crippen LogP contribution in [0.2, 0.25) is 0 Å². The van der Waals surface area contributed by atoms with Gasteiger partial charge >= 0.3 is 0 Å². The fraction of sp³-hybridized carbons (Fsp3) is 0.200. The van der Waals surface area contributed by atoms with Gasteiger partial charge in [0.15, 0.2) is 5.69 Å². The molecule has 0 fully saturated rings. The van der Waals surface area contributed by atoms with E-state index in [2.05, 4.69) is 20.5 Å². The number of benzene rings is 3. The SMILES string of the molecule is COc1ccc(C(=O)N=Nc2c(O)n(CC(=O)NCCc3c[nH]c4ccc(OC)cc34)c3ccccc23)c(OC)c1. The van der Waals surface area contributed by atoms with Crippen LogP contribution in [0.5, 0.6) is 23.1 Å². The number of fused-ring (bicyclic) bond motifs is 2. The number of ether oxygens (including phenoxy) is 3. The van der Waals surface area contributed by atoms with Gasteiger partial charge in [-0.05, 0) is 48.4 Å². The fourth-order valence-electron chi connectivity index (χ4n) is 4.68. The Hall–Kier alpha value is -5.32. The quantitative estimate of drug-likeness (QED) is 0.204. The number of amides is 2. The molecule has 0 atom stereocenters. The number of nitrogens with zero attached hydrogens (tertiary/aromatic N) is 3. The fourth-order valence-corrected chi connectivity index (χ4v) is 4.68. The van der Waals surface area contributed by atoms with Crippen molar-refractivity contribution in [3.05, 3.63) is 78.0 Å². The Balaban J connectivity index is 1.31. The molecule has 0 radical (unpaired) electrons. The molecule has 5 aromatic rings. The average Bonchev–Trinajstić information content (AvgIpc) is 3.52. The number of para-hydroxylation sites is 1. The molecule has 5 rings (SSSR count). The molecule has 2 heterocycles. The predicted octanol–water partition coefficient (Wildman–Crippen LogP) is 5.14. The minimum absolute atomic E-state index is 0.0852. The van der Waals surface area contributed by atoms with E-state index in [0.717, 1.165) is 22.2 Å². The number of aromatic nitrogens is 2. The van der Waals surface area contributed by atoms with Crippen molar-refractivity contribution in [3.63, 3.8) is 0 Å². The van der Waals surface area contributed by atoms with Gasteiger partial charge in [-0.3, -0.25) is 9.59 Å². The second kappa shape index (κ2) is 11.8. The number of hydrogen-bond acceptors (Lipinski definition) is 7. The van der Waals surface area contributed by atoms with Gasteiger partial charge in [0.2, 0.25) is 11.8 Å². The summed E-state index contributed by atoms with van der Waals surface area (Å²) in [5, 5.41) is 23.4. The van der Waals surface area contributed by atoms with Gasteiger partial charge in [0.05, 0.1) is 32.4 Å². The molecular weight excluding hydrogens is 526 g/mol. The summed E-state index contributed by atoms with van der Waals surface area (Å²) >= 11 is 0. The molecule has 3 N–H and O–H groups in total. The lowest BCUT2D eigenvalue weighted by Gasteiger charge is -2.08. The Bertz CT molecular complexity index is 1770. The van der Waals surface area contributed by atoms with E-state index in [1.165, 1.54) is 24.9 Å². The van der Waals surface area contributed by atoms with Crippen LogP contribution in [0.25, 0.3) is 21.8 Å². The summed E-state index contributed by atoms with van der Waals surface area (Å²) in [6, 6.07) is 17.6. The highest BCUT2D eigenvalue weighted by molar-refractivity contribution is 5.99. The molecule has 0 unspecified atom stereocenters. The van der Waals surface area contributed by atoms with E-state index in [0.29, 0.717) is 29.6 Å². The van der Waals surface area contributed by atoms with Crippen molar-refractivity contribution in [2.45, 2.75) is 13.0 Å². The number of aromatic amines is 1. The molecule has 0 aliphatic carbocycles. The first-order chi connectivity index (χ1) is 19.9. The van der Waals surface area contributed by atoms with Crippen LogP contribution in [0.3, 0.4) is 0 Å². The maximum Gasteiger partial charge on any atom is 0.299 e. The Morgan fingerprint density at radius 3 is 2.49 bits per heavy atom. The molecule has 210 valence electrons. The van der Waals surface area contributed by atoms with Gasteiger partial charge in [0.25, 0.3) is 5.91 Å². The van der Waals surface area contributed by atoms with E-state index in [1.807, 2.05) is 24.4 Å². The number of azo groups is 1. The van der Waals surface area contributed by atoms with Crippen LogP contribution in [-0.4, -0.2) is 54.3 Å². The van der Waals surface area contributed by atoms with Crippen LogP contribution in [0.1, 0.15) is 15.9 Å². The third kappa shape index (κ3) is 5.55. The van der Waals surface area contributed by atoms with Gasteiger partial charge in [0, 0.05) is 35.1 Å². The number of methoxy groups -OCH3 is 3. The van der Waals surface area contributed by atoms with Crippen molar-refractivity contribution >= 4 is 39.3 Å². The normalized spacial score (nSPS) is 11.3. The molecule has 2 amide bonds. The topological polar surface area (TPSA) is 140 Å². The van der Waals surface area contributed by atoms with Crippen LogP contribution >= 0.6 is 0 Å². The van der Waals surface area contributed by atoms with Gasteiger partial charge in [-0.2, -0.15) is 0 Å². The van der Waals surface area contributed by atoms with E-state index in [1.54, 1.807) is 43.5 Å². The first-order valence-electron chi connectivity index (χ1n) is 12.8. The number of hydrogen-bond donors (Lipinski definition) is 3. The highest BCUT2D eigenvalue weighted by atomic mass is 16.5. The van der Waals surface area contributed by atoms with Crippen LogP contribution in [0, 0.1) is 0 Å². The zero-order valence-electron chi connectivity index (χ0n) is 22.8. The molecule has 41 heavy (non-hydrogen) atoms. The minimum atomic E-state index is -0.659. The summed E-state index contributed by atoms with van der Waals surface area (Å²) in [5.41, 5.74) is 2.89. The van der Waals surface area contributed by atoms with Gasteiger partial charge < -0.3 is 34.2 Å². The number of nitrogens with one attached hydrogen (secondary N) is 2. The Kier molecular flexibility index (Phi) is 7.86. The van der Waals surface area contributed by atoms with Crippen molar-refractivity contribution in [1.29, 1.82) is 0 Å². The third-order valence-corrected chi connectivity index (χ3v) is 6.79. The van der Waals surface area contributed by atoms with Crippen molar-refractivity contribution < 1.29 is 28.9 Å². The molecule has 0 aliphatic rings. The number of aromatic hydroxyl groups is 1. The van der Waals surface area contributed by atoms with E-state index in [4.69, 9.17) is 14.2 Å². The molecule has 0 saturated carbocycles. The minimum Gasteiger partial charge on any atom is -0.497 e. The highest BCUT2D eigenvalue weighted by Gasteiger charge is 2.20. The molecule has 0 spiro atoms. The summed E-state index contributed by atoms with van der Waals surface area (Å²) < 4.78 is 17.2. The molecule has 11 heteroatoms. The first kappa shape index (κ1) is 27.3. The molecule has 0 bridgehead atoms. The van der Waals surface area contributed by atoms with Crippen LogP contribution < -0.4 is 19.5 Å². The largest absolute Gasteiger partial charge is 0.497 e. The van der Waals surface area contributed by atoms with Crippen LogP contribution in [-0.2, 0) is 17.8 Å². The Labute approximate surface area is 235 Å². The molecular formula is C30H29N5O6. The maximum absolute atomic E-state index is 12.9. The number of H-pyrrole nitrogens is 1. The van der Waals surface area contributed by atoms with Gasteiger partial charge in [-0.1, -0.05) is 18.2 Å². The van der Waals surface area contributed by atoms with E-state index >= 15 is 0 Å². The highest BCUT2D eigenvalue weighted by Crippen LogP contribution is 2.39. The van der Waals surface area contributed by atoms with Crippen molar-refractivity contribution in [3.8, 4) is 23.1 Å². The summed E-state index contributed by atoms with van der Waals surface area (Å²) in [7, 11) is 4.57. The first-order valence-corrected chi connectivity index (χ1v) is 12.8. The molecule has 11 nitrogen and oxygen atoms in total. The van der Waals surface area contributed by atoms with Crippen LogP contribution in [0.4, 0.5) is 5.69 Å². The monoisotopic (exact) mass is 555 g/mol. The van der Waals surface area contributed by atoms with E-state index < -0.39 is 5.91 Å². The van der Waals surface area contributed by atoms with Crippen molar-refractivity contribution in [1.82, 2.24) is 14.9 Å². The number of carbonyl (C=O) groups is 2. The lowest BCUT2D eigenvalue weighted by Crippen LogP contribution is -2.29. The van der Waals surface area contributed by atoms with E-state index in [9.17, 15) is 14.7 Å². The summed E-state index contributed by atoms with van der Waals surface area (Å²) in [4.78, 5) is 28.9. The van der Waals surface area contributed by atoms with Gasteiger partial charge in [-0.25, -0.2) is 0 Å². The van der Waals surface area contributed by atoms with Gasteiger partial charge in [-0.15, -0.1) is 10.2 Å². The molecule has 0 aliphatic heterocycles. The van der Waals surface area contributed by atoms with Crippen molar-refractivity contribution in [2.24, 2.45) is 10.2 Å². The summed E-state index contributed by atoms with van der Waals surface area (Å²) in [5.74, 6) is 0.340. The van der Waals surface area contributed by atoms with E-state index in [-0.39, 0.29) is 35.3 Å². The zero-order chi connectivity index (χ0) is 28.9. The maximum atomic E-state index is 12.9. The number of carbonyl (C=O) groups excluding carboxylic acids is 2. The Morgan fingerprint density at radius 1 is 0.951 bits per heavy atom. The lowest BCUT2D eigenvalue weighted by molar-refractivity contribution is -0.121. The second-order valence-electron chi connectivity index (χ2n) is 9.17. The van der Waals surface area contributed by atoms with Crippen LogP contribution in [0.15, 0.2) is 77.1 Å². The number of rotatable bonds is 10. The lowest BCUT2D eigenvalue weighted by atomic mass is 10.1. The third-order valence-electron chi connectivity index (χ3n) is 6.79. The van der Waals surface area contributed by atoms with Gasteiger partial charge in [0.1, 0.15) is 23.8 Å². The van der Waals surface area contributed by atoms with Crippen molar-refractivity contribution in [2.75, 3.05) is 27.9 Å². The molecule has 2 aromatic heterocycles. The predicted molar refractivity (Wildman–Crippen MR) is 154 cm³/mol. The molecule has 3 aromatic carbocycles. The standard InChI is InChI=1S/C30H29N5O6/c1-39-19-9-11-24-23(14-19)18(16-32-24)12-13-31-27(36)17-35-25-7-5-4-6-21(25)28(30(35)38)33-34-29(37)22-10-8-20(40-2)15-26(22)41-3/h4-11,14-16,32,38H,12-13,17H2,1-3H3,(H,31,36).